The molecule has 3 unspecified atom stereocenters. The van der Waals surface area contributed by atoms with Crippen LogP contribution in [0.1, 0.15) is 71.6 Å². The van der Waals surface area contributed by atoms with Gasteiger partial charge >= 0.3 is 17.9 Å². The topological polar surface area (TPSA) is 91.4 Å². The summed E-state index contributed by atoms with van der Waals surface area (Å²) in [5.41, 5.74) is 0.473. The average molecular weight is 467 g/mol. The highest BCUT2D eigenvalue weighted by Crippen LogP contribution is 2.39. The molecule has 1 aliphatic carbocycles. The van der Waals surface area contributed by atoms with E-state index < -0.39 is 5.97 Å². The van der Waals surface area contributed by atoms with Gasteiger partial charge in [0.25, 0.3) is 0 Å². The van der Waals surface area contributed by atoms with Gasteiger partial charge in [-0.2, -0.15) is 0 Å². The number of fused-ring (bicyclic) bond motifs is 1. The van der Waals surface area contributed by atoms with E-state index in [2.05, 4.69) is 31.4 Å². The molecular formula is C26H42O7. The van der Waals surface area contributed by atoms with Crippen LogP contribution in [-0.2, 0) is 33.3 Å². The van der Waals surface area contributed by atoms with Crippen molar-refractivity contribution in [1.82, 2.24) is 0 Å². The molecule has 0 spiro atoms. The van der Waals surface area contributed by atoms with Gasteiger partial charge in [0.1, 0.15) is 0 Å². The fraction of sp³-hybridized carbons (Fsp3) is 0.654. The Morgan fingerprint density at radius 3 is 2.09 bits per heavy atom. The van der Waals surface area contributed by atoms with Gasteiger partial charge in [0.15, 0.2) is 0 Å². The average Bonchev–Trinajstić information content (AvgIpc) is 3.60. The van der Waals surface area contributed by atoms with Crippen LogP contribution in [0.5, 0.6) is 0 Å². The molecule has 1 heterocycles. The molecule has 7 heteroatoms. The molecule has 1 saturated carbocycles. The first kappa shape index (κ1) is 30.6. The molecule has 0 radical (unpaired) electrons. The highest BCUT2D eigenvalue weighted by Gasteiger charge is 2.43. The lowest BCUT2D eigenvalue weighted by atomic mass is 9.90. The minimum absolute atomic E-state index is 0.274. The van der Waals surface area contributed by atoms with Crippen molar-refractivity contribution in [2.24, 2.45) is 5.92 Å². The van der Waals surface area contributed by atoms with Crippen LogP contribution >= 0.6 is 0 Å². The number of methoxy groups -OCH3 is 1. The van der Waals surface area contributed by atoms with Crippen molar-refractivity contribution >= 4 is 17.9 Å². The van der Waals surface area contributed by atoms with Gasteiger partial charge in [0, 0.05) is 17.7 Å². The molecule has 2 aliphatic rings. The maximum Gasteiger partial charge on any atom is 0.333 e. The molecule has 0 aromatic carbocycles. The number of carbonyl (C=O) groups is 3. The Balaban J connectivity index is 0.000000504. The first-order chi connectivity index (χ1) is 15.8. The van der Waals surface area contributed by atoms with E-state index in [-0.39, 0.29) is 11.9 Å². The number of rotatable bonds is 12. The largest absolute Gasteiger partial charge is 0.466 e. The van der Waals surface area contributed by atoms with Gasteiger partial charge in [-0.25, -0.2) is 14.4 Å². The van der Waals surface area contributed by atoms with Crippen LogP contribution in [0.4, 0.5) is 0 Å². The van der Waals surface area contributed by atoms with Crippen molar-refractivity contribution in [3.8, 4) is 0 Å². The van der Waals surface area contributed by atoms with Crippen LogP contribution in [0.25, 0.3) is 0 Å². The van der Waals surface area contributed by atoms with Gasteiger partial charge in [0.2, 0.25) is 0 Å². The number of hydrogen-bond acceptors (Lipinski definition) is 7. The van der Waals surface area contributed by atoms with E-state index in [9.17, 15) is 14.4 Å². The van der Waals surface area contributed by atoms with Gasteiger partial charge in [-0.3, -0.25) is 0 Å². The van der Waals surface area contributed by atoms with E-state index in [1.54, 1.807) is 6.92 Å². The summed E-state index contributed by atoms with van der Waals surface area (Å²) in [6, 6.07) is 0. The molecule has 33 heavy (non-hydrogen) atoms. The maximum absolute atomic E-state index is 11.1. The Labute approximate surface area is 199 Å². The van der Waals surface area contributed by atoms with Crippen LogP contribution < -0.4 is 0 Å². The summed E-state index contributed by atoms with van der Waals surface area (Å²) in [6.45, 7) is 15.0. The Morgan fingerprint density at radius 2 is 1.58 bits per heavy atom. The lowest BCUT2D eigenvalue weighted by Crippen LogP contribution is -2.20. The second kappa shape index (κ2) is 19.1. The lowest BCUT2D eigenvalue weighted by Gasteiger charge is -2.18. The van der Waals surface area contributed by atoms with Gasteiger partial charge in [-0.05, 0) is 38.5 Å². The lowest BCUT2D eigenvalue weighted by molar-refractivity contribution is -0.140. The Bertz CT molecular complexity index is 626. The van der Waals surface area contributed by atoms with Crippen molar-refractivity contribution in [2.45, 2.75) is 83.8 Å². The summed E-state index contributed by atoms with van der Waals surface area (Å²) in [5, 5.41) is 0. The van der Waals surface area contributed by atoms with Gasteiger partial charge in [-0.1, -0.05) is 58.8 Å². The number of hydrogen-bond donors (Lipinski definition) is 0. The second-order valence-corrected chi connectivity index (χ2v) is 8.14. The molecule has 188 valence electrons. The summed E-state index contributed by atoms with van der Waals surface area (Å²) in [5.74, 6) is -0.491. The maximum atomic E-state index is 11.1. The minimum Gasteiger partial charge on any atom is -0.466 e. The van der Waals surface area contributed by atoms with Crippen molar-refractivity contribution in [3.05, 3.63) is 37.5 Å². The number of ether oxygens (including phenoxy) is 4. The highest BCUT2D eigenvalue weighted by atomic mass is 16.6. The molecule has 1 saturated heterocycles. The van der Waals surface area contributed by atoms with Crippen LogP contribution in [-0.4, -0.2) is 50.4 Å². The molecule has 3 atom stereocenters. The summed E-state index contributed by atoms with van der Waals surface area (Å²) in [7, 11) is 1.31. The number of epoxide rings is 1. The van der Waals surface area contributed by atoms with E-state index in [0.29, 0.717) is 36.9 Å². The van der Waals surface area contributed by atoms with Gasteiger partial charge in [0.05, 0.1) is 32.5 Å². The summed E-state index contributed by atoms with van der Waals surface area (Å²) >= 11 is 0. The van der Waals surface area contributed by atoms with Crippen molar-refractivity contribution in [1.29, 1.82) is 0 Å². The Hall–Kier alpha value is -2.41. The normalized spacial score (nSPS) is 19.7. The minimum atomic E-state index is -0.394. The fourth-order valence-corrected chi connectivity index (χ4v) is 3.15. The number of carbonyl (C=O) groups excluding carboxylic acids is 3. The molecule has 0 amide bonds. The monoisotopic (exact) mass is 466 g/mol. The van der Waals surface area contributed by atoms with E-state index in [0.717, 1.165) is 38.2 Å². The molecule has 2 fully saturated rings. The van der Waals surface area contributed by atoms with Crippen molar-refractivity contribution in [2.75, 3.05) is 20.3 Å². The standard InChI is InChI=1S/C11H16O3.C11H20O2.C4H6O2/c1-7(2)11(12)13-6-8-3-4-9-10(5-8)14-9;1-3-5-6-7-8-9-10-13-11(12)4-2;1-3-4(5)6-2/h8-10H,1,3-6H2,2H3;4H,2-3,5-10H2,1H3;3H,1H2,2H3. The first-order valence-corrected chi connectivity index (χ1v) is 11.8. The molecule has 7 nitrogen and oxygen atoms in total. The zero-order valence-corrected chi connectivity index (χ0v) is 20.6. The molecule has 0 aromatic rings. The Morgan fingerprint density at radius 1 is 0.939 bits per heavy atom. The van der Waals surface area contributed by atoms with E-state index >= 15 is 0 Å². The van der Waals surface area contributed by atoms with E-state index in [1.165, 1.54) is 38.9 Å². The highest BCUT2D eigenvalue weighted by molar-refractivity contribution is 5.86. The van der Waals surface area contributed by atoms with Crippen molar-refractivity contribution < 1.29 is 33.3 Å². The zero-order valence-electron chi connectivity index (χ0n) is 20.6. The SMILES string of the molecule is C=C(C)C(=O)OCC1CCC2OC2C1.C=CC(=O)OC.C=CC(=O)OCCCCCCCC. The van der Waals surface area contributed by atoms with Gasteiger partial charge in [-0.15, -0.1) is 0 Å². The number of unbranched alkanes of at least 4 members (excludes halogenated alkanes) is 5. The van der Waals surface area contributed by atoms with Crippen LogP contribution in [0, 0.1) is 5.92 Å². The molecular weight excluding hydrogens is 424 g/mol. The van der Waals surface area contributed by atoms with E-state index in [1.807, 2.05) is 0 Å². The molecule has 1 aliphatic heterocycles. The molecule has 0 N–H and O–H groups in total. The summed E-state index contributed by atoms with van der Waals surface area (Å²) < 4.78 is 19.5. The second-order valence-electron chi connectivity index (χ2n) is 8.14. The Kier molecular flexibility index (Phi) is 17.7. The van der Waals surface area contributed by atoms with Crippen LogP contribution in [0.3, 0.4) is 0 Å². The van der Waals surface area contributed by atoms with Gasteiger partial charge < -0.3 is 18.9 Å². The predicted molar refractivity (Wildman–Crippen MR) is 129 cm³/mol. The van der Waals surface area contributed by atoms with E-state index in [4.69, 9.17) is 14.2 Å². The third-order valence-electron chi connectivity index (χ3n) is 5.19. The van der Waals surface area contributed by atoms with Crippen molar-refractivity contribution in [3.63, 3.8) is 0 Å². The number of esters is 3. The molecule has 0 bridgehead atoms. The summed E-state index contributed by atoms with van der Waals surface area (Å²) in [6.07, 6.45) is 13.8. The predicted octanol–water partition coefficient (Wildman–Crippen LogP) is 5.09. The smallest absolute Gasteiger partial charge is 0.333 e. The summed E-state index contributed by atoms with van der Waals surface area (Å²) in [4.78, 5) is 31.6. The third kappa shape index (κ3) is 16.8. The quantitative estimate of drug-likeness (QED) is 0.130. The van der Waals surface area contributed by atoms with Crippen LogP contribution in [0.15, 0.2) is 37.5 Å². The third-order valence-corrected chi connectivity index (χ3v) is 5.19. The first-order valence-electron chi connectivity index (χ1n) is 11.8. The zero-order chi connectivity index (χ0) is 25.1. The molecule has 2 rings (SSSR count). The van der Waals surface area contributed by atoms with Crippen LogP contribution in [0.2, 0.25) is 0 Å². The molecule has 0 aromatic heterocycles. The fourth-order valence-electron chi connectivity index (χ4n) is 3.15.